The summed E-state index contributed by atoms with van der Waals surface area (Å²) in [5.41, 5.74) is 1.92. The molecule has 112 valence electrons. The van der Waals surface area contributed by atoms with Crippen molar-refractivity contribution in [1.29, 1.82) is 0 Å². The van der Waals surface area contributed by atoms with Crippen molar-refractivity contribution in [2.24, 2.45) is 0 Å². The van der Waals surface area contributed by atoms with E-state index in [1.165, 1.54) is 23.1 Å². The Hall–Kier alpha value is -1.00. The Morgan fingerprint density at radius 3 is 2.60 bits per heavy atom. The lowest BCUT2D eigenvalue weighted by atomic mass is 9.96. The third kappa shape index (κ3) is 4.25. The Bertz CT molecular complexity index is 476. The van der Waals surface area contributed by atoms with Gasteiger partial charge in [0.05, 0.1) is 7.11 Å². The summed E-state index contributed by atoms with van der Waals surface area (Å²) in [7, 11) is 3.23. The number of methoxy groups -OCH3 is 1. The number of aryl methyl sites for hydroxylation is 2. The number of benzene rings is 1. The molecule has 0 bridgehead atoms. The van der Waals surface area contributed by atoms with E-state index in [1.807, 2.05) is 6.92 Å². The number of esters is 1. The highest BCUT2D eigenvalue weighted by Gasteiger charge is 2.34. The van der Waals surface area contributed by atoms with Crippen LogP contribution in [-0.2, 0) is 9.53 Å². The average molecular weight is 295 g/mol. The van der Waals surface area contributed by atoms with Crippen molar-refractivity contribution in [2.45, 2.75) is 49.8 Å². The highest BCUT2D eigenvalue weighted by atomic mass is 32.2. The molecule has 1 aromatic rings. The molecule has 0 aromatic heterocycles. The van der Waals surface area contributed by atoms with Gasteiger partial charge >= 0.3 is 5.97 Å². The van der Waals surface area contributed by atoms with Crippen LogP contribution in [0.25, 0.3) is 0 Å². The first-order valence-electron chi connectivity index (χ1n) is 6.83. The number of likely N-dealkylation sites (N-methyl/N-ethyl adjacent to an activating group) is 1. The maximum absolute atomic E-state index is 11.9. The van der Waals surface area contributed by atoms with Crippen LogP contribution in [0.4, 0.5) is 0 Å². The Morgan fingerprint density at radius 1 is 1.45 bits per heavy atom. The molecule has 2 unspecified atom stereocenters. The number of hydrogen-bond acceptors (Lipinski definition) is 4. The van der Waals surface area contributed by atoms with Gasteiger partial charge in [-0.3, -0.25) is 4.79 Å². The molecule has 1 N–H and O–H groups in total. The van der Waals surface area contributed by atoms with Gasteiger partial charge in [0.1, 0.15) is 5.54 Å². The van der Waals surface area contributed by atoms with Gasteiger partial charge < -0.3 is 10.1 Å². The molecule has 2 atom stereocenters. The minimum Gasteiger partial charge on any atom is -0.468 e. The third-order valence-electron chi connectivity index (χ3n) is 3.54. The average Bonchev–Trinajstić information content (AvgIpc) is 2.40. The standard InChI is InChI=1S/C16H25NO2S/c1-11-7-8-14(12(2)9-11)20-13(3)10-16(4,17-5)15(18)19-6/h7-9,13,17H,10H2,1-6H3. The van der Waals surface area contributed by atoms with Crippen LogP contribution >= 0.6 is 11.8 Å². The summed E-state index contributed by atoms with van der Waals surface area (Å²) in [6.07, 6.45) is 0.716. The van der Waals surface area contributed by atoms with E-state index >= 15 is 0 Å². The Balaban J connectivity index is 2.76. The molecule has 0 saturated heterocycles. The third-order valence-corrected chi connectivity index (χ3v) is 4.82. The van der Waals surface area contributed by atoms with E-state index in [0.29, 0.717) is 11.7 Å². The molecule has 0 aliphatic carbocycles. The number of carbonyl (C=O) groups is 1. The van der Waals surface area contributed by atoms with Crippen LogP contribution in [0.3, 0.4) is 0 Å². The number of thioether (sulfide) groups is 1. The van der Waals surface area contributed by atoms with E-state index in [0.717, 1.165) is 0 Å². The van der Waals surface area contributed by atoms with Crippen molar-refractivity contribution in [3.05, 3.63) is 29.3 Å². The topological polar surface area (TPSA) is 38.3 Å². The molecule has 0 aliphatic rings. The fraction of sp³-hybridized carbons (Fsp3) is 0.562. The van der Waals surface area contributed by atoms with Gasteiger partial charge in [-0.2, -0.15) is 0 Å². The van der Waals surface area contributed by atoms with Crippen molar-refractivity contribution in [3.8, 4) is 0 Å². The summed E-state index contributed by atoms with van der Waals surface area (Å²) in [5.74, 6) is -0.215. The van der Waals surface area contributed by atoms with Gasteiger partial charge in [-0.05, 0) is 45.9 Å². The zero-order chi connectivity index (χ0) is 15.3. The lowest BCUT2D eigenvalue weighted by Gasteiger charge is -2.29. The highest BCUT2D eigenvalue weighted by molar-refractivity contribution is 8.00. The van der Waals surface area contributed by atoms with E-state index in [1.54, 1.807) is 18.8 Å². The van der Waals surface area contributed by atoms with Gasteiger partial charge in [0.2, 0.25) is 0 Å². The molecule has 0 amide bonds. The SMILES string of the molecule is CNC(C)(CC(C)Sc1ccc(C)cc1C)C(=O)OC. The first-order chi connectivity index (χ1) is 9.32. The highest BCUT2D eigenvalue weighted by Crippen LogP contribution is 2.31. The quantitative estimate of drug-likeness (QED) is 0.645. The van der Waals surface area contributed by atoms with E-state index in [-0.39, 0.29) is 5.97 Å². The maximum Gasteiger partial charge on any atom is 0.325 e. The molecular formula is C16H25NO2S. The van der Waals surface area contributed by atoms with Crippen molar-refractivity contribution >= 4 is 17.7 Å². The molecule has 0 radical (unpaired) electrons. The summed E-state index contributed by atoms with van der Waals surface area (Å²) in [4.78, 5) is 13.1. The number of nitrogens with one attached hydrogen (secondary N) is 1. The molecular weight excluding hydrogens is 270 g/mol. The predicted octanol–water partition coefficient (Wildman–Crippen LogP) is 3.33. The van der Waals surface area contributed by atoms with Crippen molar-refractivity contribution in [3.63, 3.8) is 0 Å². The van der Waals surface area contributed by atoms with Crippen LogP contribution in [0.1, 0.15) is 31.4 Å². The minimum atomic E-state index is -0.639. The van der Waals surface area contributed by atoms with Gasteiger partial charge in [0.25, 0.3) is 0 Å². The summed E-state index contributed by atoms with van der Waals surface area (Å²) < 4.78 is 4.89. The van der Waals surface area contributed by atoms with Crippen LogP contribution in [0.15, 0.2) is 23.1 Å². The van der Waals surface area contributed by atoms with E-state index < -0.39 is 5.54 Å². The van der Waals surface area contributed by atoms with Crippen LogP contribution < -0.4 is 5.32 Å². The fourth-order valence-corrected chi connectivity index (χ4v) is 3.52. The van der Waals surface area contributed by atoms with Gasteiger partial charge in [0, 0.05) is 10.1 Å². The lowest BCUT2D eigenvalue weighted by Crippen LogP contribution is -2.49. The molecule has 1 aromatic carbocycles. The fourth-order valence-electron chi connectivity index (χ4n) is 2.28. The van der Waals surface area contributed by atoms with Crippen LogP contribution in [0, 0.1) is 13.8 Å². The normalized spacial score (nSPS) is 15.5. The van der Waals surface area contributed by atoms with Crippen LogP contribution in [0.2, 0.25) is 0 Å². The Kier molecular flexibility index (Phi) is 6.08. The zero-order valence-corrected chi connectivity index (χ0v) is 14.1. The Labute approximate surface area is 126 Å². The second-order valence-corrected chi connectivity index (χ2v) is 6.96. The molecule has 0 spiro atoms. The summed E-state index contributed by atoms with van der Waals surface area (Å²) >= 11 is 1.80. The maximum atomic E-state index is 11.9. The predicted molar refractivity (Wildman–Crippen MR) is 85.3 cm³/mol. The number of carbonyl (C=O) groups excluding carboxylic acids is 1. The molecule has 0 fully saturated rings. The second-order valence-electron chi connectivity index (χ2n) is 5.48. The van der Waals surface area contributed by atoms with Crippen LogP contribution in [-0.4, -0.2) is 30.9 Å². The molecule has 0 heterocycles. The molecule has 0 aliphatic heterocycles. The second kappa shape index (κ2) is 7.14. The number of rotatable bonds is 6. The van der Waals surface area contributed by atoms with Crippen molar-refractivity contribution in [1.82, 2.24) is 5.32 Å². The number of ether oxygens (including phenoxy) is 1. The lowest BCUT2D eigenvalue weighted by molar-refractivity contribution is -0.147. The first kappa shape index (κ1) is 17.1. The first-order valence-corrected chi connectivity index (χ1v) is 7.71. The summed E-state index contributed by atoms with van der Waals surface area (Å²) in [6.45, 7) is 8.25. The zero-order valence-electron chi connectivity index (χ0n) is 13.2. The van der Waals surface area contributed by atoms with Gasteiger partial charge in [-0.1, -0.05) is 24.6 Å². The van der Waals surface area contributed by atoms with E-state index in [9.17, 15) is 4.79 Å². The van der Waals surface area contributed by atoms with Gasteiger partial charge in [-0.25, -0.2) is 0 Å². The minimum absolute atomic E-state index is 0.215. The van der Waals surface area contributed by atoms with Crippen molar-refractivity contribution < 1.29 is 9.53 Å². The largest absolute Gasteiger partial charge is 0.468 e. The van der Waals surface area contributed by atoms with Gasteiger partial charge in [0.15, 0.2) is 0 Å². The molecule has 4 heteroatoms. The molecule has 1 rings (SSSR count). The molecule has 0 saturated carbocycles. The smallest absolute Gasteiger partial charge is 0.325 e. The molecule has 20 heavy (non-hydrogen) atoms. The summed E-state index contributed by atoms with van der Waals surface area (Å²) in [6, 6.07) is 6.47. The molecule has 3 nitrogen and oxygen atoms in total. The van der Waals surface area contributed by atoms with Gasteiger partial charge in [-0.15, -0.1) is 11.8 Å². The van der Waals surface area contributed by atoms with E-state index in [4.69, 9.17) is 4.74 Å². The monoisotopic (exact) mass is 295 g/mol. The van der Waals surface area contributed by atoms with Crippen LogP contribution in [0.5, 0.6) is 0 Å². The Morgan fingerprint density at radius 2 is 2.10 bits per heavy atom. The van der Waals surface area contributed by atoms with E-state index in [2.05, 4.69) is 44.3 Å². The van der Waals surface area contributed by atoms with Crippen molar-refractivity contribution in [2.75, 3.05) is 14.2 Å². The number of hydrogen-bond donors (Lipinski definition) is 1. The summed E-state index contributed by atoms with van der Waals surface area (Å²) in [5, 5.41) is 3.39.